The second-order valence-electron chi connectivity index (χ2n) is 9.16. The summed E-state index contributed by atoms with van der Waals surface area (Å²) in [4.78, 5) is 25.3. The Morgan fingerprint density at radius 3 is 2.42 bits per heavy atom. The first-order valence-electron chi connectivity index (χ1n) is 11.5. The molecule has 1 atom stereocenters. The Bertz CT molecular complexity index is 947. The predicted octanol–water partition coefficient (Wildman–Crippen LogP) is 3.88. The van der Waals surface area contributed by atoms with Crippen LogP contribution in [-0.4, -0.2) is 24.4 Å². The van der Waals surface area contributed by atoms with Gasteiger partial charge in [0.2, 0.25) is 11.8 Å². The second-order valence-corrected chi connectivity index (χ2v) is 9.16. The third kappa shape index (κ3) is 5.34. The Morgan fingerprint density at radius 2 is 1.68 bits per heavy atom. The van der Waals surface area contributed by atoms with Crippen molar-refractivity contribution in [1.82, 2.24) is 10.6 Å². The minimum absolute atomic E-state index is 0.0603. The van der Waals surface area contributed by atoms with Gasteiger partial charge in [0.1, 0.15) is 0 Å². The SMILES string of the molecule is Cc1ccc(NC(=O)C2CCC(CNC(=O)C3Cc4ccccc4CN3)CC2)cc1C. The molecule has 1 fully saturated rings. The second kappa shape index (κ2) is 9.65. The lowest BCUT2D eigenvalue weighted by molar-refractivity contribution is -0.124. The highest BCUT2D eigenvalue weighted by Crippen LogP contribution is 2.29. The molecule has 1 unspecified atom stereocenters. The molecule has 2 aromatic rings. The van der Waals surface area contributed by atoms with Gasteiger partial charge in [-0.25, -0.2) is 0 Å². The molecule has 5 nitrogen and oxygen atoms in total. The zero-order valence-corrected chi connectivity index (χ0v) is 18.5. The summed E-state index contributed by atoms with van der Waals surface area (Å²) in [7, 11) is 0. The van der Waals surface area contributed by atoms with E-state index in [0.717, 1.165) is 44.3 Å². The third-order valence-corrected chi connectivity index (χ3v) is 6.95. The van der Waals surface area contributed by atoms with Crippen molar-refractivity contribution in [2.75, 3.05) is 11.9 Å². The van der Waals surface area contributed by atoms with Crippen LogP contribution in [0.4, 0.5) is 5.69 Å². The topological polar surface area (TPSA) is 70.2 Å². The summed E-state index contributed by atoms with van der Waals surface area (Å²) in [5.41, 5.74) is 5.84. The van der Waals surface area contributed by atoms with Crippen molar-refractivity contribution in [3.63, 3.8) is 0 Å². The lowest BCUT2D eigenvalue weighted by Crippen LogP contribution is -2.48. The van der Waals surface area contributed by atoms with Gasteiger partial charge < -0.3 is 16.0 Å². The normalized spacial score (nSPS) is 23.0. The fourth-order valence-corrected chi connectivity index (χ4v) is 4.70. The Balaban J connectivity index is 1.20. The molecule has 164 valence electrons. The number of carbonyl (C=O) groups is 2. The lowest BCUT2D eigenvalue weighted by atomic mass is 9.81. The maximum absolute atomic E-state index is 12.7. The van der Waals surface area contributed by atoms with Crippen LogP contribution in [0.15, 0.2) is 42.5 Å². The number of hydrogen-bond donors (Lipinski definition) is 3. The number of hydrogen-bond acceptors (Lipinski definition) is 3. The molecule has 1 aliphatic heterocycles. The van der Waals surface area contributed by atoms with E-state index >= 15 is 0 Å². The van der Waals surface area contributed by atoms with Gasteiger partial charge in [0.15, 0.2) is 0 Å². The molecule has 0 saturated heterocycles. The number of carbonyl (C=O) groups excluding carboxylic acids is 2. The maximum atomic E-state index is 12.7. The van der Waals surface area contributed by atoms with Gasteiger partial charge in [-0.3, -0.25) is 9.59 Å². The molecule has 0 radical (unpaired) electrons. The minimum atomic E-state index is -0.157. The summed E-state index contributed by atoms with van der Waals surface area (Å²) in [6.45, 7) is 5.58. The first kappa shape index (κ1) is 21.6. The Hall–Kier alpha value is -2.66. The molecule has 31 heavy (non-hydrogen) atoms. The third-order valence-electron chi connectivity index (χ3n) is 6.95. The van der Waals surface area contributed by atoms with Crippen LogP contribution in [0, 0.1) is 25.7 Å². The number of rotatable bonds is 5. The molecule has 2 amide bonds. The summed E-state index contributed by atoms with van der Waals surface area (Å²) in [5.74, 6) is 0.718. The van der Waals surface area contributed by atoms with Gasteiger partial charge in [0.25, 0.3) is 0 Å². The monoisotopic (exact) mass is 419 g/mol. The molecule has 0 bridgehead atoms. The smallest absolute Gasteiger partial charge is 0.237 e. The van der Waals surface area contributed by atoms with Crippen LogP contribution in [0.25, 0.3) is 0 Å². The predicted molar refractivity (Wildman–Crippen MR) is 124 cm³/mol. The van der Waals surface area contributed by atoms with Crippen LogP contribution in [0.3, 0.4) is 0 Å². The van der Waals surface area contributed by atoms with Gasteiger partial charge >= 0.3 is 0 Å². The molecule has 5 heteroatoms. The number of nitrogens with one attached hydrogen (secondary N) is 3. The highest BCUT2D eigenvalue weighted by Gasteiger charge is 2.28. The van der Waals surface area contributed by atoms with Gasteiger partial charge in [-0.1, -0.05) is 30.3 Å². The summed E-state index contributed by atoms with van der Waals surface area (Å²) in [6, 6.07) is 14.2. The summed E-state index contributed by atoms with van der Waals surface area (Å²) >= 11 is 0. The Morgan fingerprint density at radius 1 is 0.935 bits per heavy atom. The maximum Gasteiger partial charge on any atom is 0.237 e. The largest absolute Gasteiger partial charge is 0.354 e. The van der Waals surface area contributed by atoms with E-state index in [-0.39, 0.29) is 23.8 Å². The number of fused-ring (bicyclic) bond motifs is 1. The average molecular weight is 420 g/mol. The van der Waals surface area contributed by atoms with Crippen molar-refractivity contribution in [2.24, 2.45) is 11.8 Å². The van der Waals surface area contributed by atoms with Crippen molar-refractivity contribution in [3.05, 3.63) is 64.7 Å². The standard InChI is InChI=1S/C26H33N3O2/c1-17-7-12-23(13-18(17)2)29-25(30)20-10-8-19(9-11-20)15-28-26(31)24-14-21-5-3-4-6-22(21)16-27-24/h3-7,12-13,19-20,24,27H,8-11,14-16H2,1-2H3,(H,28,31)(H,29,30). The van der Waals surface area contributed by atoms with Crippen LogP contribution in [-0.2, 0) is 22.6 Å². The first-order chi connectivity index (χ1) is 15.0. The minimum Gasteiger partial charge on any atom is -0.354 e. The highest BCUT2D eigenvalue weighted by atomic mass is 16.2. The molecule has 4 rings (SSSR count). The summed E-state index contributed by atoms with van der Waals surface area (Å²) in [6.07, 6.45) is 4.46. The zero-order chi connectivity index (χ0) is 21.8. The molecule has 1 aliphatic carbocycles. The van der Waals surface area contributed by atoms with Crippen molar-refractivity contribution < 1.29 is 9.59 Å². The number of benzene rings is 2. The van der Waals surface area contributed by atoms with Gasteiger partial charge in [-0.15, -0.1) is 0 Å². The number of aryl methyl sites for hydroxylation is 2. The van der Waals surface area contributed by atoms with Crippen LogP contribution in [0.5, 0.6) is 0 Å². The Labute approximate surface area is 185 Å². The van der Waals surface area contributed by atoms with E-state index in [1.807, 2.05) is 30.3 Å². The van der Waals surface area contributed by atoms with Crippen LogP contribution < -0.4 is 16.0 Å². The molecular formula is C26H33N3O2. The van der Waals surface area contributed by atoms with Gasteiger partial charge in [-0.2, -0.15) is 0 Å². The van der Waals surface area contributed by atoms with Crippen LogP contribution in [0.1, 0.15) is 47.9 Å². The van der Waals surface area contributed by atoms with Crippen molar-refractivity contribution in [1.29, 1.82) is 0 Å². The molecule has 3 N–H and O–H groups in total. The fraction of sp³-hybridized carbons (Fsp3) is 0.462. The van der Waals surface area contributed by atoms with Crippen molar-refractivity contribution in [2.45, 2.75) is 58.5 Å². The number of anilines is 1. The van der Waals surface area contributed by atoms with Gasteiger partial charge in [0, 0.05) is 24.7 Å². The van der Waals surface area contributed by atoms with E-state index < -0.39 is 0 Å². The van der Waals surface area contributed by atoms with E-state index in [9.17, 15) is 9.59 Å². The van der Waals surface area contributed by atoms with E-state index in [1.165, 1.54) is 22.3 Å². The molecular weight excluding hydrogens is 386 g/mol. The quantitative estimate of drug-likeness (QED) is 0.689. The molecule has 1 heterocycles. The van der Waals surface area contributed by atoms with E-state index in [2.05, 4.69) is 41.9 Å². The average Bonchev–Trinajstić information content (AvgIpc) is 2.80. The van der Waals surface area contributed by atoms with E-state index in [1.54, 1.807) is 0 Å². The fourth-order valence-electron chi connectivity index (χ4n) is 4.70. The van der Waals surface area contributed by atoms with Crippen LogP contribution >= 0.6 is 0 Å². The number of amides is 2. The molecule has 1 saturated carbocycles. The first-order valence-corrected chi connectivity index (χ1v) is 11.5. The summed E-state index contributed by atoms with van der Waals surface area (Å²) in [5, 5.41) is 9.58. The van der Waals surface area contributed by atoms with E-state index in [0.29, 0.717) is 12.5 Å². The molecule has 0 aromatic heterocycles. The van der Waals surface area contributed by atoms with Gasteiger partial charge in [-0.05, 0) is 86.3 Å². The highest BCUT2D eigenvalue weighted by molar-refractivity contribution is 5.92. The van der Waals surface area contributed by atoms with E-state index in [4.69, 9.17) is 0 Å². The van der Waals surface area contributed by atoms with Gasteiger partial charge in [0.05, 0.1) is 6.04 Å². The zero-order valence-electron chi connectivity index (χ0n) is 18.5. The van der Waals surface area contributed by atoms with Crippen LogP contribution in [0.2, 0.25) is 0 Å². The lowest BCUT2D eigenvalue weighted by Gasteiger charge is -2.29. The molecule has 2 aromatic carbocycles. The molecule has 0 spiro atoms. The summed E-state index contributed by atoms with van der Waals surface area (Å²) < 4.78 is 0. The van der Waals surface area contributed by atoms with Crippen molar-refractivity contribution in [3.8, 4) is 0 Å². The Kier molecular flexibility index (Phi) is 6.71. The molecule has 2 aliphatic rings. The van der Waals surface area contributed by atoms with Crippen molar-refractivity contribution >= 4 is 17.5 Å².